The third-order valence-corrected chi connectivity index (χ3v) is 3.23. The van der Waals surface area contributed by atoms with Crippen molar-refractivity contribution in [1.29, 1.82) is 0 Å². The van der Waals surface area contributed by atoms with E-state index < -0.39 is 11.9 Å². The predicted molar refractivity (Wildman–Crippen MR) is 82.7 cm³/mol. The number of halogens is 1. The second-order valence-corrected chi connectivity index (χ2v) is 4.95. The van der Waals surface area contributed by atoms with Crippen molar-refractivity contribution < 1.29 is 18.7 Å². The number of carbonyl (C=O) groups excluding carboxylic acids is 1. The molecule has 0 unspecified atom stereocenters. The Morgan fingerprint density at radius 1 is 1.23 bits per heavy atom. The maximum absolute atomic E-state index is 13.9. The summed E-state index contributed by atoms with van der Waals surface area (Å²) < 4.78 is 24.1. The topological polar surface area (TPSA) is 47.6 Å². The Balaban J connectivity index is 2.18. The summed E-state index contributed by atoms with van der Waals surface area (Å²) >= 11 is 0. The zero-order valence-electron chi connectivity index (χ0n) is 12.8. The van der Waals surface area contributed by atoms with E-state index in [-0.39, 0.29) is 12.3 Å². The molecule has 5 heteroatoms. The van der Waals surface area contributed by atoms with Crippen LogP contribution >= 0.6 is 0 Å². The van der Waals surface area contributed by atoms with Gasteiger partial charge in [0.1, 0.15) is 18.2 Å². The summed E-state index contributed by atoms with van der Waals surface area (Å²) in [5, 5.41) is 2.37. The van der Waals surface area contributed by atoms with E-state index in [1.807, 2.05) is 32.0 Å². The van der Waals surface area contributed by atoms with Crippen LogP contribution < -0.4 is 10.1 Å². The van der Waals surface area contributed by atoms with Crippen LogP contribution in [0.25, 0.3) is 0 Å². The Morgan fingerprint density at radius 3 is 2.68 bits per heavy atom. The molecule has 1 amide bonds. The number of aryl methyl sites for hydroxylation is 2. The number of rotatable bonds is 4. The van der Waals surface area contributed by atoms with E-state index in [0.29, 0.717) is 5.56 Å². The van der Waals surface area contributed by atoms with Crippen molar-refractivity contribution in [3.05, 3.63) is 58.9 Å². The molecule has 1 N–H and O–H groups in total. The molecule has 2 rings (SSSR count). The van der Waals surface area contributed by atoms with Crippen molar-refractivity contribution in [3.63, 3.8) is 0 Å². The zero-order chi connectivity index (χ0) is 16.1. The standard InChI is InChI=1S/C17H18FNO3/c1-11-7-8-15(12(2)9-11)22-10-13-5-4-6-14(18)16(13)19-17(20)21-3/h4-9H,10H2,1-3H3,(H,19,20). The van der Waals surface area contributed by atoms with Gasteiger partial charge in [-0.15, -0.1) is 0 Å². The number of anilines is 1. The number of para-hydroxylation sites is 1. The molecule has 22 heavy (non-hydrogen) atoms. The lowest BCUT2D eigenvalue weighted by Crippen LogP contribution is -2.14. The number of methoxy groups -OCH3 is 1. The molecule has 4 nitrogen and oxygen atoms in total. The summed E-state index contributed by atoms with van der Waals surface area (Å²) in [5.41, 5.74) is 2.74. The van der Waals surface area contributed by atoms with Crippen molar-refractivity contribution in [2.45, 2.75) is 20.5 Å². The number of benzene rings is 2. The lowest BCUT2D eigenvalue weighted by Gasteiger charge is -2.14. The molecule has 0 radical (unpaired) electrons. The molecule has 0 aromatic heterocycles. The Labute approximate surface area is 128 Å². The van der Waals surface area contributed by atoms with Crippen LogP contribution in [0.5, 0.6) is 5.75 Å². The molecule has 2 aromatic rings. The average molecular weight is 303 g/mol. The van der Waals surface area contributed by atoms with Gasteiger partial charge in [-0.3, -0.25) is 5.32 Å². The fraction of sp³-hybridized carbons (Fsp3) is 0.235. The van der Waals surface area contributed by atoms with Gasteiger partial charge in [-0.05, 0) is 31.5 Å². The minimum atomic E-state index is -0.724. The fourth-order valence-electron chi connectivity index (χ4n) is 2.10. The van der Waals surface area contributed by atoms with Gasteiger partial charge < -0.3 is 9.47 Å². The molecule has 0 heterocycles. The first kappa shape index (κ1) is 15.8. The van der Waals surface area contributed by atoms with Crippen molar-refractivity contribution in [1.82, 2.24) is 0 Å². The van der Waals surface area contributed by atoms with Gasteiger partial charge in [0.25, 0.3) is 0 Å². The zero-order valence-corrected chi connectivity index (χ0v) is 12.8. The summed E-state index contributed by atoms with van der Waals surface area (Å²) in [6, 6.07) is 10.4. The minimum absolute atomic E-state index is 0.0686. The SMILES string of the molecule is COC(=O)Nc1c(F)cccc1COc1ccc(C)cc1C. The Kier molecular flexibility index (Phi) is 4.99. The van der Waals surface area contributed by atoms with Gasteiger partial charge in [0, 0.05) is 5.56 Å². The van der Waals surface area contributed by atoms with E-state index in [1.54, 1.807) is 12.1 Å². The Morgan fingerprint density at radius 2 is 2.00 bits per heavy atom. The summed E-state index contributed by atoms with van der Waals surface area (Å²) in [6.45, 7) is 4.09. The fourth-order valence-corrected chi connectivity index (χ4v) is 2.10. The third kappa shape index (κ3) is 3.75. The predicted octanol–water partition coefficient (Wildman–Crippen LogP) is 4.20. The quantitative estimate of drug-likeness (QED) is 0.921. The molecule has 0 saturated carbocycles. The van der Waals surface area contributed by atoms with E-state index in [4.69, 9.17) is 4.74 Å². The second kappa shape index (κ2) is 6.93. The molecule has 0 spiro atoms. The molecule has 0 fully saturated rings. The van der Waals surface area contributed by atoms with Gasteiger partial charge in [-0.1, -0.05) is 29.8 Å². The van der Waals surface area contributed by atoms with Crippen LogP contribution in [0.3, 0.4) is 0 Å². The number of amides is 1. The van der Waals surface area contributed by atoms with Crippen molar-refractivity contribution in [2.24, 2.45) is 0 Å². The minimum Gasteiger partial charge on any atom is -0.489 e. The van der Waals surface area contributed by atoms with Gasteiger partial charge >= 0.3 is 6.09 Å². The summed E-state index contributed by atoms with van der Waals surface area (Å²) in [7, 11) is 1.22. The van der Waals surface area contributed by atoms with Crippen LogP contribution in [0, 0.1) is 19.7 Å². The first-order valence-corrected chi connectivity index (χ1v) is 6.83. The number of hydrogen-bond acceptors (Lipinski definition) is 3. The van der Waals surface area contributed by atoms with Crippen LogP contribution in [0.1, 0.15) is 16.7 Å². The largest absolute Gasteiger partial charge is 0.489 e. The van der Waals surface area contributed by atoms with Crippen LogP contribution in [0.4, 0.5) is 14.9 Å². The second-order valence-electron chi connectivity index (χ2n) is 4.95. The van der Waals surface area contributed by atoms with Crippen LogP contribution in [-0.4, -0.2) is 13.2 Å². The van der Waals surface area contributed by atoms with Gasteiger partial charge in [0.05, 0.1) is 12.8 Å². The van der Waals surface area contributed by atoms with Crippen LogP contribution in [-0.2, 0) is 11.3 Å². The summed E-state index contributed by atoms with van der Waals surface area (Å²) in [6.07, 6.45) is -0.724. The highest BCUT2D eigenvalue weighted by Crippen LogP contribution is 2.24. The molecule has 116 valence electrons. The molecular formula is C17H18FNO3. The van der Waals surface area contributed by atoms with E-state index in [0.717, 1.165) is 16.9 Å². The number of carbonyl (C=O) groups is 1. The van der Waals surface area contributed by atoms with E-state index in [1.165, 1.54) is 13.2 Å². The molecule has 0 bridgehead atoms. The molecule has 0 aliphatic heterocycles. The maximum atomic E-state index is 13.9. The Hall–Kier alpha value is -2.56. The molecule has 0 atom stereocenters. The van der Waals surface area contributed by atoms with Gasteiger partial charge in [0.15, 0.2) is 0 Å². The average Bonchev–Trinajstić information content (AvgIpc) is 2.49. The van der Waals surface area contributed by atoms with Gasteiger partial charge in [-0.25, -0.2) is 9.18 Å². The highest BCUT2D eigenvalue weighted by Gasteiger charge is 2.12. The molecule has 2 aromatic carbocycles. The van der Waals surface area contributed by atoms with E-state index in [2.05, 4.69) is 10.1 Å². The smallest absolute Gasteiger partial charge is 0.411 e. The van der Waals surface area contributed by atoms with Crippen LogP contribution in [0.2, 0.25) is 0 Å². The first-order valence-electron chi connectivity index (χ1n) is 6.83. The van der Waals surface area contributed by atoms with Gasteiger partial charge in [-0.2, -0.15) is 0 Å². The highest BCUT2D eigenvalue weighted by molar-refractivity contribution is 5.85. The van der Waals surface area contributed by atoms with E-state index in [9.17, 15) is 9.18 Å². The molecule has 0 aliphatic carbocycles. The molecule has 0 aliphatic rings. The molecule has 0 saturated heterocycles. The monoisotopic (exact) mass is 303 g/mol. The summed E-state index contributed by atoms with van der Waals surface area (Å²) in [5.74, 6) is 0.186. The highest BCUT2D eigenvalue weighted by atomic mass is 19.1. The van der Waals surface area contributed by atoms with Gasteiger partial charge in [0.2, 0.25) is 0 Å². The van der Waals surface area contributed by atoms with Crippen molar-refractivity contribution >= 4 is 11.8 Å². The Bertz CT molecular complexity index is 686. The summed E-state index contributed by atoms with van der Waals surface area (Å²) in [4.78, 5) is 11.3. The van der Waals surface area contributed by atoms with Crippen LogP contribution in [0.15, 0.2) is 36.4 Å². The number of ether oxygens (including phenoxy) is 2. The third-order valence-electron chi connectivity index (χ3n) is 3.23. The van der Waals surface area contributed by atoms with Crippen molar-refractivity contribution in [2.75, 3.05) is 12.4 Å². The number of nitrogens with one attached hydrogen (secondary N) is 1. The maximum Gasteiger partial charge on any atom is 0.411 e. The molecular weight excluding hydrogens is 285 g/mol. The lowest BCUT2D eigenvalue weighted by molar-refractivity contribution is 0.186. The van der Waals surface area contributed by atoms with Crippen molar-refractivity contribution in [3.8, 4) is 5.75 Å². The lowest BCUT2D eigenvalue weighted by atomic mass is 10.1. The van der Waals surface area contributed by atoms with E-state index >= 15 is 0 Å². The first-order chi connectivity index (χ1) is 10.5. The normalized spacial score (nSPS) is 10.2. The number of hydrogen-bond donors (Lipinski definition) is 1.